The molecule has 30 heavy (non-hydrogen) atoms. The molecule has 0 aliphatic heterocycles. The molecule has 0 spiro atoms. The SMILES string of the molecule is O=C(NOCc1ccccc1F)c1cn(-c2ccccc2)nc1-c1ccc(F)cc1. The Balaban J connectivity index is 1.60. The van der Waals surface area contributed by atoms with E-state index in [1.807, 2.05) is 30.3 Å². The quantitative estimate of drug-likeness (QED) is 0.474. The van der Waals surface area contributed by atoms with Crippen LogP contribution in [0.25, 0.3) is 16.9 Å². The first-order valence-electron chi connectivity index (χ1n) is 9.18. The lowest BCUT2D eigenvalue weighted by Crippen LogP contribution is -2.24. The zero-order valence-corrected chi connectivity index (χ0v) is 15.8. The van der Waals surface area contributed by atoms with Gasteiger partial charge in [0, 0.05) is 17.3 Å². The van der Waals surface area contributed by atoms with Crippen LogP contribution >= 0.6 is 0 Å². The Morgan fingerprint density at radius 2 is 1.63 bits per heavy atom. The summed E-state index contributed by atoms with van der Waals surface area (Å²) in [6.45, 7) is -0.128. The average molecular weight is 405 g/mol. The van der Waals surface area contributed by atoms with E-state index in [2.05, 4.69) is 10.6 Å². The molecular weight excluding hydrogens is 388 g/mol. The molecule has 0 saturated heterocycles. The van der Waals surface area contributed by atoms with E-state index in [-0.39, 0.29) is 18.0 Å². The summed E-state index contributed by atoms with van der Waals surface area (Å²) in [6.07, 6.45) is 1.57. The van der Waals surface area contributed by atoms with Gasteiger partial charge in [-0.1, -0.05) is 36.4 Å². The summed E-state index contributed by atoms with van der Waals surface area (Å²) in [4.78, 5) is 18.0. The van der Waals surface area contributed by atoms with Crippen LogP contribution in [0.5, 0.6) is 0 Å². The highest BCUT2D eigenvalue weighted by atomic mass is 19.1. The van der Waals surface area contributed by atoms with E-state index in [1.54, 1.807) is 41.2 Å². The predicted molar refractivity (Wildman–Crippen MR) is 108 cm³/mol. The van der Waals surface area contributed by atoms with E-state index in [9.17, 15) is 13.6 Å². The third kappa shape index (κ3) is 4.26. The number of carbonyl (C=O) groups is 1. The Labute approximate surface area is 171 Å². The maximum Gasteiger partial charge on any atom is 0.278 e. The molecule has 1 aromatic heterocycles. The van der Waals surface area contributed by atoms with Gasteiger partial charge in [0.1, 0.15) is 23.9 Å². The Morgan fingerprint density at radius 3 is 2.37 bits per heavy atom. The molecule has 150 valence electrons. The minimum Gasteiger partial charge on any atom is -0.268 e. The van der Waals surface area contributed by atoms with Crippen LogP contribution in [0.1, 0.15) is 15.9 Å². The lowest BCUT2D eigenvalue weighted by molar-refractivity contribution is 0.0224. The number of nitrogens with one attached hydrogen (secondary N) is 1. The smallest absolute Gasteiger partial charge is 0.268 e. The van der Waals surface area contributed by atoms with Crippen LogP contribution in [0.15, 0.2) is 85.1 Å². The van der Waals surface area contributed by atoms with Gasteiger partial charge in [-0.25, -0.2) is 18.9 Å². The highest BCUT2D eigenvalue weighted by molar-refractivity contribution is 5.99. The molecule has 1 heterocycles. The summed E-state index contributed by atoms with van der Waals surface area (Å²) in [7, 11) is 0. The van der Waals surface area contributed by atoms with Crippen molar-refractivity contribution in [2.45, 2.75) is 6.61 Å². The molecule has 0 fully saturated rings. The van der Waals surface area contributed by atoms with E-state index in [0.717, 1.165) is 5.69 Å². The Hall–Kier alpha value is -3.84. The van der Waals surface area contributed by atoms with E-state index in [1.165, 1.54) is 18.2 Å². The van der Waals surface area contributed by atoms with E-state index in [0.29, 0.717) is 16.8 Å². The highest BCUT2D eigenvalue weighted by Crippen LogP contribution is 2.24. The molecule has 7 heteroatoms. The van der Waals surface area contributed by atoms with Crippen LogP contribution in [-0.2, 0) is 11.4 Å². The van der Waals surface area contributed by atoms with Crippen molar-refractivity contribution >= 4 is 5.91 Å². The molecule has 5 nitrogen and oxygen atoms in total. The van der Waals surface area contributed by atoms with Gasteiger partial charge in [0.05, 0.1) is 11.3 Å². The summed E-state index contributed by atoms with van der Waals surface area (Å²) in [5, 5.41) is 4.50. The van der Waals surface area contributed by atoms with Gasteiger partial charge in [-0.3, -0.25) is 9.63 Å². The number of aromatic nitrogens is 2. The minimum absolute atomic E-state index is 0.128. The fraction of sp³-hybridized carbons (Fsp3) is 0.0435. The monoisotopic (exact) mass is 405 g/mol. The minimum atomic E-state index is -0.548. The molecule has 0 aliphatic rings. The number of carbonyl (C=O) groups excluding carboxylic acids is 1. The molecule has 0 atom stereocenters. The molecule has 1 N–H and O–H groups in total. The van der Waals surface area contributed by atoms with Crippen molar-refractivity contribution in [3.63, 3.8) is 0 Å². The first-order valence-corrected chi connectivity index (χ1v) is 9.18. The van der Waals surface area contributed by atoms with E-state index < -0.39 is 11.7 Å². The summed E-state index contributed by atoms with van der Waals surface area (Å²) < 4.78 is 28.6. The van der Waals surface area contributed by atoms with Crippen molar-refractivity contribution in [3.05, 3.63) is 108 Å². The van der Waals surface area contributed by atoms with E-state index in [4.69, 9.17) is 4.84 Å². The van der Waals surface area contributed by atoms with Crippen LogP contribution < -0.4 is 5.48 Å². The number of hydrogen-bond donors (Lipinski definition) is 1. The van der Waals surface area contributed by atoms with Crippen LogP contribution in [0, 0.1) is 11.6 Å². The number of para-hydroxylation sites is 1. The zero-order valence-electron chi connectivity index (χ0n) is 15.8. The number of benzene rings is 3. The number of hydrogen-bond acceptors (Lipinski definition) is 3. The van der Waals surface area contributed by atoms with Crippen LogP contribution in [0.2, 0.25) is 0 Å². The average Bonchev–Trinajstić information content (AvgIpc) is 3.22. The zero-order chi connectivity index (χ0) is 20.9. The third-order valence-corrected chi connectivity index (χ3v) is 4.45. The second kappa shape index (κ2) is 8.67. The fourth-order valence-corrected chi connectivity index (χ4v) is 2.92. The van der Waals surface area contributed by atoms with Crippen molar-refractivity contribution in [2.75, 3.05) is 0 Å². The fourth-order valence-electron chi connectivity index (χ4n) is 2.92. The lowest BCUT2D eigenvalue weighted by atomic mass is 10.1. The van der Waals surface area contributed by atoms with Crippen molar-refractivity contribution in [1.82, 2.24) is 15.3 Å². The Morgan fingerprint density at radius 1 is 0.933 bits per heavy atom. The molecule has 1 amide bonds. The second-order valence-electron chi connectivity index (χ2n) is 6.49. The predicted octanol–water partition coefficient (Wildman–Crippen LogP) is 4.68. The number of rotatable bonds is 6. The molecule has 4 rings (SSSR count). The van der Waals surface area contributed by atoms with E-state index >= 15 is 0 Å². The second-order valence-corrected chi connectivity index (χ2v) is 6.49. The molecule has 0 radical (unpaired) electrons. The Kier molecular flexibility index (Phi) is 5.63. The van der Waals surface area contributed by atoms with Crippen molar-refractivity contribution in [1.29, 1.82) is 0 Å². The molecule has 0 bridgehead atoms. The van der Waals surface area contributed by atoms with Gasteiger partial charge in [-0.2, -0.15) is 5.10 Å². The molecule has 3 aromatic carbocycles. The summed E-state index contributed by atoms with van der Waals surface area (Å²) in [6, 6.07) is 21.1. The first-order chi connectivity index (χ1) is 14.6. The maximum atomic E-state index is 13.7. The van der Waals surface area contributed by atoms with Crippen molar-refractivity contribution < 1.29 is 18.4 Å². The number of hydroxylamine groups is 1. The van der Waals surface area contributed by atoms with Crippen LogP contribution in [0.3, 0.4) is 0 Å². The Bertz CT molecular complexity index is 1160. The molecular formula is C23H17F2N3O2. The highest BCUT2D eigenvalue weighted by Gasteiger charge is 2.19. The largest absolute Gasteiger partial charge is 0.278 e. The third-order valence-electron chi connectivity index (χ3n) is 4.45. The number of nitrogens with zero attached hydrogens (tertiary/aromatic N) is 2. The molecule has 0 aliphatic carbocycles. The lowest BCUT2D eigenvalue weighted by Gasteiger charge is -2.07. The van der Waals surface area contributed by atoms with Gasteiger partial charge < -0.3 is 0 Å². The van der Waals surface area contributed by atoms with Crippen molar-refractivity contribution in [2.24, 2.45) is 0 Å². The number of amides is 1. The molecule has 0 unspecified atom stereocenters. The topological polar surface area (TPSA) is 56.1 Å². The van der Waals surface area contributed by atoms with Crippen LogP contribution in [0.4, 0.5) is 8.78 Å². The van der Waals surface area contributed by atoms with Gasteiger partial charge in [0.2, 0.25) is 0 Å². The normalized spacial score (nSPS) is 10.7. The number of halogens is 2. The summed E-state index contributed by atoms with van der Waals surface area (Å²) in [5.41, 5.74) is 4.58. The van der Waals surface area contributed by atoms with Gasteiger partial charge in [-0.05, 0) is 42.5 Å². The van der Waals surface area contributed by atoms with Gasteiger partial charge in [0.25, 0.3) is 5.91 Å². The van der Waals surface area contributed by atoms with Crippen molar-refractivity contribution in [3.8, 4) is 16.9 Å². The van der Waals surface area contributed by atoms with Gasteiger partial charge in [-0.15, -0.1) is 0 Å². The first kappa shape index (κ1) is 19.5. The molecule has 4 aromatic rings. The summed E-state index contributed by atoms with van der Waals surface area (Å²) in [5.74, 6) is -1.36. The molecule has 0 saturated carbocycles. The van der Waals surface area contributed by atoms with Gasteiger partial charge in [0.15, 0.2) is 0 Å². The van der Waals surface area contributed by atoms with Gasteiger partial charge >= 0.3 is 0 Å². The maximum absolute atomic E-state index is 13.7. The standard InChI is InChI=1S/C23H17F2N3O2/c24-18-12-10-16(11-13-18)22-20(14-28(26-22)19-7-2-1-3-8-19)23(29)27-30-15-17-6-4-5-9-21(17)25/h1-14H,15H2,(H,27,29). The van der Waals surface area contributed by atoms with Crippen LogP contribution in [-0.4, -0.2) is 15.7 Å². The summed E-state index contributed by atoms with van der Waals surface area (Å²) >= 11 is 0.